The second-order valence-corrected chi connectivity index (χ2v) is 7.98. The van der Waals surface area contributed by atoms with Gasteiger partial charge in [-0.15, -0.1) is 0 Å². The van der Waals surface area contributed by atoms with Gasteiger partial charge in [0.2, 0.25) is 15.9 Å². The maximum Gasteiger partial charge on any atom is 0.223 e. The molecule has 6 nitrogen and oxygen atoms in total. The Morgan fingerprint density at radius 1 is 1.23 bits per heavy atom. The van der Waals surface area contributed by atoms with E-state index in [4.69, 9.17) is 0 Å². The van der Waals surface area contributed by atoms with Crippen LogP contribution < -0.4 is 5.32 Å². The van der Waals surface area contributed by atoms with E-state index in [2.05, 4.69) is 35.9 Å². The minimum atomic E-state index is -3.13. The second-order valence-electron chi connectivity index (χ2n) is 6.00. The summed E-state index contributed by atoms with van der Waals surface area (Å²) in [6.07, 6.45) is 2.41. The number of hydrogen-bond acceptors (Lipinski definition) is 3. The Kier molecular flexibility index (Phi) is 5.28. The fraction of sp³-hybridized carbons (Fsp3) is 0.667. The van der Waals surface area contributed by atoms with E-state index in [9.17, 15) is 13.2 Å². The molecule has 1 N–H and O–H groups in total. The monoisotopic (exact) mass is 327 g/mol. The van der Waals surface area contributed by atoms with E-state index in [-0.39, 0.29) is 11.8 Å². The molecule has 0 bridgehead atoms. The Balaban J connectivity index is 1.77. The summed E-state index contributed by atoms with van der Waals surface area (Å²) in [5.41, 5.74) is 2.38. The van der Waals surface area contributed by atoms with Gasteiger partial charge in [-0.1, -0.05) is 0 Å². The fourth-order valence-electron chi connectivity index (χ4n) is 2.94. The van der Waals surface area contributed by atoms with Crippen LogP contribution in [0.15, 0.2) is 12.1 Å². The molecular formula is C15H25N3O3S. The molecule has 2 heterocycles. The minimum absolute atomic E-state index is 0.0376. The first-order chi connectivity index (χ1) is 10.3. The molecule has 0 spiro atoms. The normalized spacial score (nSPS) is 17.6. The predicted molar refractivity (Wildman–Crippen MR) is 86.1 cm³/mol. The van der Waals surface area contributed by atoms with Crippen LogP contribution in [0.5, 0.6) is 0 Å². The van der Waals surface area contributed by atoms with Crippen molar-refractivity contribution < 1.29 is 13.2 Å². The number of carbonyl (C=O) groups is 1. The first-order valence-electron chi connectivity index (χ1n) is 7.64. The molecule has 1 aliphatic rings. The van der Waals surface area contributed by atoms with Gasteiger partial charge in [0.1, 0.15) is 0 Å². The Morgan fingerprint density at radius 2 is 1.77 bits per heavy atom. The smallest absolute Gasteiger partial charge is 0.223 e. The fourth-order valence-corrected chi connectivity index (χ4v) is 3.81. The lowest BCUT2D eigenvalue weighted by Crippen LogP contribution is -2.43. The SMILES string of the molecule is Cc1ccc(C)n1CCNC(=O)C1CCN(S(C)(=O)=O)CC1. The Hall–Kier alpha value is -1.34. The molecule has 1 amide bonds. The highest BCUT2D eigenvalue weighted by atomic mass is 32.2. The van der Waals surface area contributed by atoms with Crippen molar-refractivity contribution in [2.75, 3.05) is 25.9 Å². The van der Waals surface area contributed by atoms with Gasteiger partial charge in [-0.3, -0.25) is 4.79 Å². The summed E-state index contributed by atoms with van der Waals surface area (Å²) >= 11 is 0. The van der Waals surface area contributed by atoms with E-state index < -0.39 is 10.0 Å². The van der Waals surface area contributed by atoms with Crippen molar-refractivity contribution in [2.24, 2.45) is 5.92 Å². The number of rotatable bonds is 5. The van der Waals surface area contributed by atoms with Crippen molar-refractivity contribution >= 4 is 15.9 Å². The van der Waals surface area contributed by atoms with Crippen molar-refractivity contribution in [1.29, 1.82) is 0 Å². The average Bonchev–Trinajstić information content (AvgIpc) is 2.78. The first-order valence-corrected chi connectivity index (χ1v) is 9.49. The Bertz CT molecular complexity index is 609. The summed E-state index contributed by atoms with van der Waals surface area (Å²) in [5.74, 6) is -0.0412. The van der Waals surface area contributed by atoms with Gasteiger partial charge in [0.05, 0.1) is 6.26 Å². The van der Waals surface area contributed by atoms with Gasteiger partial charge in [0, 0.05) is 43.5 Å². The molecular weight excluding hydrogens is 302 g/mol. The number of hydrogen-bond donors (Lipinski definition) is 1. The van der Waals surface area contributed by atoms with E-state index in [1.54, 1.807) is 0 Å². The van der Waals surface area contributed by atoms with Crippen molar-refractivity contribution in [3.63, 3.8) is 0 Å². The quantitative estimate of drug-likeness (QED) is 0.873. The van der Waals surface area contributed by atoms with Gasteiger partial charge in [-0.2, -0.15) is 0 Å². The number of carbonyl (C=O) groups excluding carboxylic acids is 1. The van der Waals surface area contributed by atoms with Crippen LogP contribution in [-0.4, -0.2) is 49.1 Å². The molecule has 1 saturated heterocycles. The van der Waals surface area contributed by atoms with E-state index in [1.807, 2.05) is 0 Å². The van der Waals surface area contributed by atoms with Gasteiger partial charge in [0.15, 0.2) is 0 Å². The molecule has 7 heteroatoms. The zero-order valence-corrected chi connectivity index (χ0v) is 14.3. The second kappa shape index (κ2) is 6.83. The largest absolute Gasteiger partial charge is 0.354 e. The Labute approximate surface area is 132 Å². The predicted octanol–water partition coefficient (Wildman–Crippen LogP) is 0.893. The highest BCUT2D eigenvalue weighted by molar-refractivity contribution is 7.88. The number of aromatic nitrogens is 1. The summed E-state index contributed by atoms with van der Waals surface area (Å²) < 4.78 is 26.5. The topological polar surface area (TPSA) is 71.4 Å². The van der Waals surface area contributed by atoms with E-state index in [0.29, 0.717) is 32.5 Å². The summed E-state index contributed by atoms with van der Waals surface area (Å²) in [6.45, 7) is 6.34. The highest BCUT2D eigenvalue weighted by Crippen LogP contribution is 2.19. The standard InChI is InChI=1S/C15H25N3O3S/c1-12-4-5-13(2)18(12)11-8-16-15(19)14-6-9-17(10-7-14)22(3,20)21/h4-5,14H,6-11H2,1-3H3,(H,16,19). The number of amides is 1. The third-order valence-corrected chi connectivity index (χ3v) is 5.65. The van der Waals surface area contributed by atoms with Crippen molar-refractivity contribution in [3.05, 3.63) is 23.5 Å². The van der Waals surface area contributed by atoms with Crippen LogP contribution in [0.4, 0.5) is 0 Å². The van der Waals surface area contributed by atoms with Crippen molar-refractivity contribution in [2.45, 2.75) is 33.2 Å². The molecule has 1 aromatic heterocycles. The van der Waals surface area contributed by atoms with Crippen LogP contribution in [0, 0.1) is 19.8 Å². The molecule has 1 fully saturated rings. The van der Waals surface area contributed by atoms with Gasteiger partial charge in [-0.05, 0) is 38.8 Å². The minimum Gasteiger partial charge on any atom is -0.354 e. The number of sulfonamides is 1. The molecule has 0 unspecified atom stereocenters. The average molecular weight is 327 g/mol. The van der Waals surface area contributed by atoms with Gasteiger partial charge in [-0.25, -0.2) is 12.7 Å². The number of nitrogens with zero attached hydrogens (tertiary/aromatic N) is 2. The van der Waals surface area contributed by atoms with E-state index in [0.717, 1.165) is 6.54 Å². The van der Waals surface area contributed by atoms with Gasteiger partial charge >= 0.3 is 0 Å². The molecule has 0 radical (unpaired) electrons. The van der Waals surface area contributed by atoms with Crippen LogP contribution >= 0.6 is 0 Å². The van der Waals surface area contributed by atoms with Crippen LogP contribution in [0.1, 0.15) is 24.2 Å². The van der Waals surface area contributed by atoms with Gasteiger partial charge < -0.3 is 9.88 Å². The number of nitrogens with one attached hydrogen (secondary N) is 1. The molecule has 0 aliphatic carbocycles. The van der Waals surface area contributed by atoms with Gasteiger partial charge in [0.25, 0.3) is 0 Å². The molecule has 0 saturated carbocycles. The van der Waals surface area contributed by atoms with E-state index >= 15 is 0 Å². The Morgan fingerprint density at radius 3 is 2.27 bits per heavy atom. The third-order valence-electron chi connectivity index (χ3n) is 4.35. The summed E-state index contributed by atoms with van der Waals surface area (Å²) in [7, 11) is -3.13. The molecule has 1 aliphatic heterocycles. The molecule has 1 aromatic rings. The lowest BCUT2D eigenvalue weighted by atomic mass is 9.97. The lowest BCUT2D eigenvalue weighted by Gasteiger charge is -2.29. The highest BCUT2D eigenvalue weighted by Gasteiger charge is 2.28. The molecule has 22 heavy (non-hydrogen) atoms. The number of aryl methyl sites for hydroxylation is 2. The third kappa shape index (κ3) is 4.10. The van der Waals surface area contributed by atoms with Crippen LogP contribution in [0.2, 0.25) is 0 Å². The molecule has 2 rings (SSSR count). The van der Waals surface area contributed by atoms with E-state index in [1.165, 1.54) is 21.9 Å². The maximum absolute atomic E-state index is 12.2. The zero-order chi connectivity index (χ0) is 16.3. The lowest BCUT2D eigenvalue weighted by molar-refractivity contribution is -0.126. The van der Waals surface area contributed by atoms with Crippen LogP contribution in [-0.2, 0) is 21.4 Å². The summed E-state index contributed by atoms with van der Waals surface area (Å²) in [6, 6.07) is 4.14. The first kappa shape index (κ1) is 17.0. The van der Waals surface area contributed by atoms with Crippen LogP contribution in [0.3, 0.4) is 0 Å². The van der Waals surface area contributed by atoms with Crippen molar-refractivity contribution in [3.8, 4) is 0 Å². The maximum atomic E-state index is 12.2. The molecule has 0 atom stereocenters. The zero-order valence-electron chi connectivity index (χ0n) is 13.5. The molecule has 0 aromatic carbocycles. The number of piperidine rings is 1. The van der Waals surface area contributed by atoms with Crippen molar-refractivity contribution in [1.82, 2.24) is 14.2 Å². The molecule has 124 valence electrons. The summed E-state index contributed by atoms with van der Waals surface area (Å²) in [5, 5.41) is 2.97. The summed E-state index contributed by atoms with van der Waals surface area (Å²) in [4.78, 5) is 12.2. The van der Waals surface area contributed by atoms with Crippen LogP contribution in [0.25, 0.3) is 0 Å².